The number of hydrogen-bond acceptors (Lipinski definition) is 4. The minimum atomic E-state index is 0.163. The molecule has 0 aromatic carbocycles. The fraction of sp³-hybridized carbons (Fsp3) is 0.750. The molecule has 0 aliphatic heterocycles. The molecule has 1 fully saturated rings. The topological polar surface area (TPSA) is 77.0 Å². The highest BCUT2D eigenvalue weighted by Gasteiger charge is 2.31. The van der Waals surface area contributed by atoms with Crippen LogP contribution in [0.5, 0.6) is 0 Å². The molecule has 6 nitrogen and oxygen atoms in total. The summed E-state index contributed by atoms with van der Waals surface area (Å²) in [6.45, 7) is 1.26. The van der Waals surface area contributed by atoms with Crippen LogP contribution in [0.1, 0.15) is 25.7 Å². The van der Waals surface area contributed by atoms with E-state index in [1.54, 1.807) is 11.0 Å². The van der Waals surface area contributed by atoms with Crippen LogP contribution >= 0.6 is 0 Å². The Hall–Kier alpha value is -1.43. The Labute approximate surface area is 107 Å². The molecule has 18 heavy (non-hydrogen) atoms. The molecule has 100 valence electrons. The zero-order valence-electron chi connectivity index (χ0n) is 10.8. The molecule has 1 aromatic heterocycles. The van der Waals surface area contributed by atoms with Crippen molar-refractivity contribution >= 4 is 5.91 Å². The minimum absolute atomic E-state index is 0.163. The fourth-order valence-corrected chi connectivity index (χ4v) is 2.72. The smallest absolute Gasteiger partial charge is 0.224 e. The van der Waals surface area contributed by atoms with Gasteiger partial charge in [-0.1, -0.05) is 6.42 Å². The van der Waals surface area contributed by atoms with Crippen molar-refractivity contribution in [3.05, 3.63) is 12.7 Å². The second kappa shape index (κ2) is 5.95. The molecule has 0 bridgehead atoms. The van der Waals surface area contributed by atoms with E-state index in [1.807, 2.05) is 11.9 Å². The summed E-state index contributed by atoms with van der Waals surface area (Å²) in [7, 11) is 1.89. The van der Waals surface area contributed by atoms with E-state index in [2.05, 4.69) is 10.1 Å². The van der Waals surface area contributed by atoms with Gasteiger partial charge in [-0.05, 0) is 25.3 Å². The Morgan fingerprint density at radius 3 is 3.06 bits per heavy atom. The molecule has 6 heteroatoms. The maximum absolute atomic E-state index is 12.1. The van der Waals surface area contributed by atoms with E-state index in [0.717, 1.165) is 12.8 Å². The number of nitrogens with zero attached hydrogens (tertiary/aromatic N) is 4. The Morgan fingerprint density at radius 2 is 2.39 bits per heavy atom. The molecule has 2 unspecified atom stereocenters. The van der Waals surface area contributed by atoms with Gasteiger partial charge >= 0.3 is 0 Å². The van der Waals surface area contributed by atoms with E-state index in [0.29, 0.717) is 31.5 Å². The Morgan fingerprint density at radius 1 is 1.56 bits per heavy atom. The molecule has 1 saturated carbocycles. The molecule has 2 rings (SSSR count). The van der Waals surface area contributed by atoms with Crippen LogP contribution in [0.15, 0.2) is 12.7 Å². The number of rotatable bonds is 5. The summed E-state index contributed by atoms with van der Waals surface area (Å²) in [6, 6.07) is 0.318. The Bertz CT molecular complexity index is 378. The van der Waals surface area contributed by atoms with Crippen LogP contribution in [0.25, 0.3) is 0 Å². The largest absolute Gasteiger partial charge is 0.342 e. The highest BCUT2D eigenvalue weighted by atomic mass is 16.2. The Balaban J connectivity index is 1.84. The van der Waals surface area contributed by atoms with Gasteiger partial charge in [-0.3, -0.25) is 9.48 Å². The number of hydrogen-bond donors (Lipinski definition) is 1. The van der Waals surface area contributed by atoms with E-state index in [9.17, 15) is 4.79 Å². The first-order valence-corrected chi connectivity index (χ1v) is 6.50. The van der Waals surface area contributed by atoms with Gasteiger partial charge in [0.05, 0.1) is 6.54 Å². The van der Waals surface area contributed by atoms with Gasteiger partial charge in [-0.25, -0.2) is 4.98 Å². The molecule has 2 atom stereocenters. The highest BCUT2D eigenvalue weighted by Crippen LogP contribution is 2.28. The van der Waals surface area contributed by atoms with Crippen LogP contribution in [0.3, 0.4) is 0 Å². The van der Waals surface area contributed by atoms with Crippen LogP contribution in [0, 0.1) is 5.92 Å². The SMILES string of the molecule is CN(C(=O)CCn1cncn1)C1CCCC1CN. The molecule has 0 spiro atoms. The van der Waals surface area contributed by atoms with Crippen molar-refractivity contribution in [2.24, 2.45) is 11.7 Å². The van der Waals surface area contributed by atoms with Crippen LogP contribution < -0.4 is 5.73 Å². The van der Waals surface area contributed by atoms with Gasteiger partial charge in [0.15, 0.2) is 0 Å². The summed E-state index contributed by atoms with van der Waals surface area (Å²) in [5.74, 6) is 0.626. The monoisotopic (exact) mass is 251 g/mol. The third-order valence-corrected chi connectivity index (χ3v) is 3.83. The van der Waals surface area contributed by atoms with Crippen LogP contribution in [-0.2, 0) is 11.3 Å². The molecule has 1 aromatic rings. The lowest BCUT2D eigenvalue weighted by Crippen LogP contribution is -2.41. The number of carbonyl (C=O) groups is 1. The highest BCUT2D eigenvalue weighted by molar-refractivity contribution is 5.76. The van der Waals surface area contributed by atoms with Gasteiger partial charge in [-0.2, -0.15) is 5.10 Å². The zero-order valence-corrected chi connectivity index (χ0v) is 10.8. The van der Waals surface area contributed by atoms with E-state index in [1.165, 1.54) is 12.7 Å². The van der Waals surface area contributed by atoms with Crippen molar-refractivity contribution in [3.63, 3.8) is 0 Å². The predicted octanol–water partition coefficient (Wildman–Crippen LogP) is 0.254. The lowest BCUT2D eigenvalue weighted by Gasteiger charge is -2.29. The van der Waals surface area contributed by atoms with E-state index in [4.69, 9.17) is 5.73 Å². The van der Waals surface area contributed by atoms with E-state index >= 15 is 0 Å². The molecule has 1 heterocycles. The van der Waals surface area contributed by atoms with Gasteiger partial charge in [0.1, 0.15) is 12.7 Å². The van der Waals surface area contributed by atoms with Gasteiger partial charge in [0, 0.05) is 19.5 Å². The van der Waals surface area contributed by atoms with Crippen molar-refractivity contribution in [1.82, 2.24) is 19.7 Å². The maximum atomic E-state index is 12.1. The molecular weight excluding hydrogens is 230 g/mol. The van der Waals surface area contributed by atoms with Crippen molar-refractivity contribution in [2.45, 2.75) is 38.3 Å². The lowest BCUT2D eigenvalue weighted by atomic mass is 10.0. The third-order valence-electron chi connectivity index (χ3n) is 3.83. The minimum Gasteiger partial charge on any atom is -0.342 e. The second-order valence-electron chi connectivity index (χ2n) is 4.91. The van der Waals surface area contributed by atoms with E-state index < -0.39 is 0 Å². The average Bonchev–Trinajstić information content (AvgIpc) is 3.05. The zero-order chi connectivity index (χ0) is 13.0. The molecule has 0 radical (unpaired) electrons. The van der Waals surface area contributed by atoms with Gasteiger partial charge < -0.3 is 10.6 Å². The summed E-state index contributed by atoms with van der Waals surface area (Å²) >= 11 is 0. The molecule has 1 aliphatic rings. The van der Waals surface area contributed by atoms with Gasteiger partial charge in [0.2, 0.25) is 5.91 Å². The first-order valence-electron chi connectivity index (χ1n) is 6.50. The first-order chi connectivity index (χ1) is 8.72. The fourth-order valence-electron chi connectivity index (χ4n) is 2.72. The number of carbonyl (C=O) groups excluding carboxylic acids is 1. The first kappa shape index (κ1) is 13.0. The van der Waals surface area contributed by atoms with Crippen LogP contribution in [0.4, 0.5) is 0 Å². The summed E-state index contributed by atoms with van der Waals surface area (Å²) in [4.78, 5) is 17.8. The third kappa shape index (κ3) is 2.87. The molecule has 2 N–H and O–H groups in total. The normalized spacial score (nSPS) is 23.2. The second-order valence-corrected chi connectivity index (χ2v) is 4.91. The van der Waals surface area contributed by atoms with Crippen molar-refractivity contribution in [3.8, 4) is 0 Å². The summed E-state index contributed by atoms with van der Waals surface area (Å²) in [6.07, 6.45) is 6.97. The predicted molar refractivity (Wildman–Crippen MR) is 67.6 cm³/mol. The maximum Gasteiger partial charge on any atom is 0.224 e. The van der Waals surface area contributed by atoms with Gasteiger partial charge in [0.25, 0.3) is 0 Å². The van der Waals surface area contributed by atoms with E-state index in [-0.39, 0.29) is 5.91 Å². The number of amides is 1. The molecule has 0 saturated heterocycles. The number of aryl methyl sites for hydroxylation is 1. The standard InChI is InChI=1S/C12H21N5O/c1-16(11-4-2-3-10(11)7-13)12(18)5-6-17-9-14-8-15-17/h8-11H,2-7,13H2,1H3. The number of aromatic nitrogens is 3. The molecule has 1 aliphatic carbocycles. The quantitative estimate of drug-likeness (QED) is 0.814. The van der Waals surface area contributed by atoms with Crippen LogP contribution in [-0.4, -0.2) is 45.2 Å². The molecular formula is C12H21N5O. The summed E-state index contributed by atoms with van der Waals surface area (Å²) < 4.78 is 1.68. The van der Waals surface area contributed by atoms with Crippen LogP contribution in [0.2, 0.25) is 0 Å². The van der Waals surface area contributed by atoms with Gasteiger partial charge in [-0.15, -0.1) is 0 Å². The average molecular weight is 251 g/mol. The summed E-state index contributed by atoms with van der Waals surface area (Å²) in [5.41, 5.74) is 5.75. The number of nitrogens with two attached hydrogens (primary N) is 1. The van der Waals surface area contributed by atoms with Crippen molar-refractivity contribution < 1.29 is 4.79 Å². The molecule has 1 amide bonds. The van der Waals surface area contributed by atoms with Crippen molar-refractivity contribution in [1.29, 1.82) is 0 Å². The lowest BCUT2D eigenvalue weighted by molar-refractivity contribution is -0.132. The summed E-state index contributed by atoms with van der Waals surface area (Å²) in [5, 5.41) is 3.99. The van der Waals surface area contributed by atoms with Crippen molar-refractivity contribution in [2.75, 3.05) is 13.6 Å². The Kier molecular flexibility index (Phi) is 4.30.